The van der Waals surface area contributed by atoms with E-state index in [0.717, 1.165) is 16.7 Å². The van der Waals surface area contributed by atoms with E-state index in [1.807, 2.05) is 42.8 Å². The Balaban J connectivity index is 1.71. The summed E-state index contributed by atoms with van der Waals surface area (Å²) in [6, 6.07) is 16.3. The summed E-state index contributed by atoms with van der Waals surface area (Å²) in [6.45, 7) is 4.06. The van der Waals surface area contributed by atoms with Gasteiger partial charge in [0, 0.05) is 25.1 Å². The number of aryl methyl sites for hydroxylation is 2. The average molecular weight is 406 g/mol. The summed E-state index contributed by atoms with van der Waals surface area (Å²) in [5.41, 5.74) is 4.75. The second kappa shape index (κ2) is 7.87. The highest BCUT2D eigenvalue weighted by molar-refractivity contribution is 7.98. The third-order valence-corrected chi connectivity index (χ3v) is 6.33. The SMILES string of the molecule is Cc1ccc(CSc2nc(=O)c3c(n2C)NC(=O)CC3c2cccc(C)c2)cc1. The summed E-state index contributed by atoms with van der Waals surface area (Å²) in [5, 5.41) is 3.50. The van der Waals surface area contributed by atoms with Crippen LogP contribution in [0.2, 0.25) is 0 Å². The summed E-state index contributed by atoms with van der Waals surface area (Å²) in [5.74, 6) is 0.897. The predicted molar refractivity (Wildman–Crippen MR) is 116 cm³/mol. The minimum absolute atomic E-state index is 0.0836. The molecule has 29 heavy (non-hydrogen) atoms. The van der Waals surface area contributed by atoms with Crippen molar-refractivity contribution in [2.45, 2.75) is 37.1 Å². The molecular weight excluding hydrogens is 382 g/mol. The maximum absolute atomic E-state index is 13.0. The number of fused-ring (bicyclic) bond motifs is 1. The Morgan fingerprint density at radius 1 is 1.10 bits per heavy atom. The van der Waals surface area contributed by atoms with Gasteiger partial charge in [-0.15, -0.1) is 0 Å². The van der Waals surface area contributed by atoms with Crippen molar-refractivity contribution in [3.05, 3.63) is 86.7 Å². The summed E-state index contributed by atoms with van der Waals surface area (Å²) >= 11 is 1.49. The number of benzene rings is 2. The number of amides is 1. The van der Waals surface area contributed by atoms with Gasteiger partial charge in [0.2, 0.25) is 5.91 Å². The third kappa shape index (κ3) is 3.98. The molecule has 1 aliphatic rings. The van der Waals surface area contributed by atoms with Crippen molar-refractivity contribution < 1.29 is 4.79 Å². The van der Waals surface area contributed by atoms with Crippen molar-refractivity contribution in [3.8, 4) is 0 Å². The largest absolute Gasteiger partial charge is 0.312 e. The summed E-state index contributed by atoms with van der Waals surface area (Å²) in [4.78, 5) is 29.8. The van der Waals surface area contributed by atoms with Gasteiger partial charge in [0.25, 0.3) is 5.56 Å². The lowest BCUT2D eigenvalue weighted by Crippen LogP contribution is -2.33. The van der Waals surface area contributed by atoms with Crippen molar-refractivity contribution in [3.63, 3.8) is 0 Å². The van der Waals surface area contributed by atoms with Crippen LogP contribution in [0.5, 0.6) is 0 Å². The van der Waals surface area contributed by atoms with Gasteiger partial charge in [-0.1, -0.05) is 71.4 Å². The molecule has 0 radical (unpaired) electrons. The van der Waals surface area contributed by atoms with E-state index < -0.39 is 0 Å². The number of hydrogen-bond acceptors (Lipinski definition) is 4. The van der Waals surface area contributed by atoms with E-state index in [1.165, 1.54) is 17.3 Å². The van der Waals surface area contributed by atoms with Crippen LogP contribution in [-0.4, -0.2) is 15.5 Å². The van der Waals surface area contributed by atoms with Crippen molar-refractivity contribution in [2.24, 2.45) is 7.05 Å². The maximum Gasteiger partial charge on any atom is 0.279 e. The van der Waals surface area contributed by atoms with Crippen LogP contribution in [-0.2, 0) is 17.6 Å². The minimum Gasteiger partial charge on any atom is -0.312 e. The van der Waals surface area contributed by atoms with Gasteiger partial charge in [-0.05, 0) is 25.0 Å². The lowest BCUT2D eigenvalue weighted by atomic mass is 9.86. The number of carbonyl (C=O) groups excluding carboxylic acids is 1. The molecule has 0 aliphatic carbocycles. The molecular formula is C23H23N3O2S. The van der Waals surface area contributed by atoms with Crippen LogP contribution in [0.1, 0.15) is 40.2 Å². The number of aromatic nitrogens is 2. The molecule has 6 heteroatoms. The number of carbonyl (C=O) groups is 1. The molecule has 2 aromatic carbocycles. The quantitative estimate of drug-likeness (QED) is 0.523. The van der Waals surface area contributed by atoms with Crippen LogP contribution < -0.4 is 10.9 Å². The Labute approximate surface area is 174 Å². The summed E-state index contributed by atoms with van der Waals surface area (Å²) < 4.78 is 1.83. The molecule has 3 aromatic rings. The Morgan fingerprint density at radius 3 is 2.59 bits per heavy atom. The molecule has 1 aromatic heterocycles. The number of thioether (sulfide) groups is 1. The number of nitrogens with zero attached hydrogens (tertiary/aromatic N) is 2. The molecule has 1 N–H and O–H groups in total. The maximum atomic E-state index is 13.0. The Morgan fingerprint density at radius 2 is 1.86 bits per heavy atom. The molecule has 0 saturated heterocycles. The lowest BCUT2D eigenvalue weighted by molar-refractivity contribution is -0.116. The third-order valence-electron chi connectivity index (χ3n) is 5.23. The molecule has 1 amide bonds. The van der Waals surface area contributed by atoms with Crippen LogP contribution in [0.3, 0.4) is 0 Å². The van der Waals surface area contributed by atoms with E-state index in [0.29, 0.717) is 22.3 Å². The van der Waals surface area contributed by atoms with Crippen molar-refractivity contribution in [1.82, 2.24) is 9.55 Å². The monoisotopic (exact) mass is 405 g/mol. The topological polar surface area (TPSA) is 64.0 Å². The zero-order valence-electron chi connectivity index (χ0n) is 16.7. The Kier molecular flexibility index (Phi) is 5.28. The summed E-state index contributed by atoms with van der Waals surface area (Å²) in [7, 11) is 1.85. The van der Waals surface area contributed by atoms with E-state index in [4.69, 9.17) is 0 Å². The zero-order chi connectivity index (χ0) is 20.5. The van der Waals surface area contributed by atoms with Gasteiger partial charge in [-0.3, -0.25) is 9.59 Å². The standard InChI is InChI=1S/C23H23N3O2S/c1-14-7-9-16(10-8-14)13-29-23-25-22(28)20-18(17-6-4-5-15(2)11-17)12-19(27)24-21(20)26(23)3/h4-11,18H,12-13H2,1-3H3,(H,24,27). The fourth-order valence-corrected chi connectivity index (χ4v) is 4.59. The first-order chi connectivity index (χ1) is 13.9. The van der Waals surface area contributed by atoms with Gasteiger partial charge >= 0.3 is 0 Å². The first-order valence-corrected chi connectivity index (χ1v) is 10.6. The molecule has 1 unspecified atom stereocenters. The van der Waals surface area contributed by atoms with E-state index >= 15 is 0 Å². The van der Waals surface area contributed by atoms with Crippen LogP contribution in [0.15, 0.2) is 58.5 Å². The first-order valence-electron chi connectivity index (χ1n) is 9.58. The summed E-state index contributed by atoms with van der Waals surface area (Å²) in [6.07, 6.45) is 0.253. The number of nitrogens with one attached hydrogen (secondary N) is 1. The Bertz CT molecular complexity index is 1140. The van der Waals surface area contributed by atoms with Crippen LogP contribution in [0.25, 0.3) is 0 Å². The molecule has 0 spiro atoms. The second-order valence-electron chi connectivity index (χ2n) is 7.51. The van der Waals surface area contributed by atoms with Gasteiger partial charge in [-0.25, -0.2) is 0 Å². The van der Waals surface area contributed by atoms with Gasteiger partial charge in [0.1, 0.15) is 5.82 Å². The Hall–Kier alpha value is -2.86. The number of hydrogen-bond donors (Lipinski definition) is 1. The normalized spacial score (nSPS) is 15.7. The molecule has 1 aliphatic heterocycles. The number of anilines is 1. The van der Waals surface area contributed by atoms with Gasteiger partial charge < -0.3 is 9.88 Å². The van der Waals surface area contributed by atoms with Gasteiger partial charge in [-0.2, -0.15) is 4.98 Å². The van der Waals surface area contributed by atoms with Crippen LogP contribution in [0.4, 0.5) is 5.82 Å². The average Bonchev–Trinajstić information content (AvgIpc) is 2.70. The fourth-order valence-electron chi connectivity index (χ4n) is 3.67. The highest BCUT2D eigenvalue weighted by atomic mass is 32.2. The van der Waals surface area contributed by atoms with Crippen LogP contribution in [0, 0.1) is 13.8 Å². The first kappa shape index (κ1) is 19.5. The van der Waals surface area contributed by atoms with E-state index in [1.54, 1.807) is 0 Å². The zero-order valence-corrected chi connectivity index (χ0v) is 17.5. The molecule has 0 bridgehead atoms. The van der Waals surface area contributed by atoms with Crippen LogP contribution >= 0.6 is 11.8 Å². The highest BCUT2D eigenvalue weighted by Crippen LogP contribution is 2.36. The van der Waals surface area contributed by atoms with E-state index in [2.05, 4.69) is 41.5 Å². The molecule has 5 nitrogen and oxygen atoms in total. The van der Waals surface area contributed by atoms with Gasteiger partial charge in [0.05, 0.1) is 5.56 Å². The number of rotatable bonds is 4. The lowest BCUT2D eigenvalue weighted by Gasteiger charge is -2.27. The van der Waals surface area contributed by atoms with E-state index in [9.17, 15) is 9.59 Å². The molecule has 0 fully saturated rings. The second-order valence-corrected chi connectivity index (χ2v) is 8.46. The van der Waals surface area contributed by atoms with Crippen molar-refractivity contribution in [1.29, 1.82) is 0 Å². The fraction of sp³-hybridized carbons (Fsp3) is 0.261. The smallest absolute Gasteiger partial charge is 0.279 e. The van der Waals surface area contributed by atoms with E-state index in [-0.39, 0.29) is 23.8 Å². The molecule has 1 atom stereocenters. The van der Waals surface area contributed by atoms with Gasteiger partial charge in [0.15, 0.2) is 5.16 Å². The molecule has 4 rings (SSSR count). The molecule has 0 saturated carbocycles. The highest BCUT2D eigenvalue weighted by Gasteiger charge is 2.32. The minimum atomic E-state index is -0.277. The molecule has 148 valence electrons. The van der Waals surface area contributed by atoms with Crippen molar-refractivity contribution in [2.75, 3.05) is 5.32 Å². The molecule has 2 heterocycles. The van der Waals surface area contributed by atoms with Crippen molar-refractivity contribution >= 4 is 23.5 Å². The predicted octanol–water partition coefficient (Wildman–Crippen LogP) is 4.16.